The normalized spacial score (nSPS) is 15.7. The van der Waals surface area contributed by atoms with Crippen LogP contribution in [0.4, 0.5) is 4.39 Å². The number of halogens is 1. The molecule has 8 nitrogen and oxygen atoms in total. The van der Waals surface area contributed by atoms with Crippen molar-refractivity contribution >= 4 is 15.9 Å². The minimum Gasteiger partial charge on any atom is -0.481 e. The molecular formula is C17H20FN3O5S. The molecule has 2 heterocycles. The van der Waals surface area contributed by atoms with Gasteiger partial charge in [-0.25, -0.2) is 12.8 Å². The van der Waals surface area contributed by atoms with Crippen molar-refractivity contribution < 1.29 is 26.9 Å². The molecule has 146 valence electrons. The summed E-state index contributed by atoms with van der Waals surface area (Å²) in [7, 11) is -3.73. The fraction of sp³-hybridized carbons (Fsp3) is 0.412. The van der Waals surface area contributed by atoms with E-state index >= 15 is 0 Å². The molecular weight excluding hydrogens is 377 g/mol. The van der Waals surface area contributed by atoms with Gasteiger partial charge in [-0.1, -0.05) is 17.3 Å². The zero-order valence-electron chi connectivity index (χ0n) is 15.0. The molecule has 1 fully saturated rings. The van der Waals surface area contributed by atoms with Crippen molar-refractivity contribution in [2.75, 3.05) is 32.8 Å². The summed E-state index contributed by atoms with van der Waals surface area (Å²) in [5, 5.41) is 3.69. The first-order valence-electron chi connectivity index (χ1n) is 8.39. The third-order valence-corrected chi connectivity index (χ3v) is 6.49. The molecule has 1 amide bonds. The molecule has 0 aliphatic carbocycles. The second kappa shape index (κ2) is 7.65. The van der Waals surface area contributed by atoms with Crippen molar-refractivity contribution in [3.05, 3.63) is 41.5 Å². The molecule has 1 aromatic carbocycles. The lowest BCUT2D eigenvalue weighted by atomic mass is 10.3. The van der Waals surface area contributed by atoms with Gasteiger partial charge in [-0.3, -0.25) is 4.79 Å². The van der Waals surface area contributed by atoms with E-state index in [0.29, 0.717) is 5.69 Å². The average molecular weight is 397 g/mol. The van der Waals surface area contributed by atoms with Gasteiger partial charge in [-0.15, -0.1) is 0 Å². The Morgan fingerprint density at radius 1 is 1.22 bits per heavy atom. The SMILES string of the molecule is Cc1noc(C)c1S(=O)(=O)N1CCN(C(=O)COc2ccccc2F)CC1. The van der Waals surface area contributed by atoms with Crippen molar-refractivity contribution in [1.82, 2.24) is 14.4 Å². The lowest BCUT2D eigenvalue weighted by Gasteiger charge is -2.33. The summed E-state index contributed by atoms with van der Waals surface area (Å²) >= 11 is 0. The number of carbonyl (C=O) groups excluding carboxylic acids is 1. The maximum atomic E-state index is 13.5. The summed E-state index contributed by atoms with van der Waals surface area (Å²) in [5.41, 5.74) is 0.310. The molecule has 0 bridgehead atoms. The molecule has 0 atom stereocenters. The fourth-order valence-corrected chi connectivity index (χ4v) is 4.66. The van der Waals surface area contributed by atoms with Crippen LogP contribution in [-0.4, -0.2) is 61.5 Å². The fourth-order valence-electron chi connectivity index (χ4n) is 2.94. The quantitative estimate of drug-likeness (QED) is 0.756. The zero-order chi connectivity index (χ0) is 19.6. The number of benzene rings is 1. The lowest BCUT2D eigenvalue weighted by Crippen LogP contribution is -2.51. The molecule has 1 aromatic heterocycles. The number of sulfonamides is 1. The molecule has 2 aromatic rings. The van der Waals surface area contributed by atoms with Gasteiger partial charge < -0.3 is 14.2 Å². The van der Waals surface area contributed by atoms with Crippen LogP contribution < -0.4 is 4.74 Å². The van der Waals surface area contributed by atoms with Crippen LogP contribution in [0.2, 0.25) is 0 Å². The summed E-state index contributed by atoms with van der Waals surface area (Å²) in [5.74, 6) is -0.622. The maximum Gasteiger partial charge on any atom is 0.260 e. The highest BCUT2D eigenvalue weighted by atomic mass is 32.2. The number of amides is 1. The molecule has 0 radical (unpaired) electrons. The van der Waals surface area contributed by atoms with E-state index in [2.05, 4.69) is 5.16 Å². The minimum absolute atomic E-state index is 0.00507. The van der Waals surface area contributed by atoms with Gasteiger partial charge in [-0.05, 0) is 26.0 Å². The van der Waals surface area contributed by atoms with Crippen LogP contribution in [-0.2, 0) is 14.8 Å². The van der Waals surface area contributed by atoms with Crippen LogP contribution in [0.1, 0.15) is 11.5 Å². The van der Waals surface area contributed by atoms with E-state index < -0.39 is 15.8 Å². The Kier molecular flexibility index (Phi) is 5.47. The zero-order valence-corrected chi connectivity index (χ0v) is 15.8. The number of hydrogen-bond donors (Lipinski definition) is 0. The van der Waals surface area contributed by atoms with Gasteiger partial charge in [0.05, 0.1) is 0 Å². The molecule has 1 aliphatic rings. The van der Waals surface area contributed by atoms with Gasteiger partial charge in [0.2, 0.25) is 10.0 Å². The molecule has 1 aliphatic heterocycles. The van der Waals surface area contributed by atoms with Crippen LogP contribution in [0, 0.1) is 19.7 Å². The summed E-state index contributed by atoms with van der Waals surface area (Å²) < 4.78 is 50.5. The van der Waals surface area contributed by atoms with E-state index in [9.17, 15) is 17.6 Å². The van der Waals surface area contributed by atoms with Gasteiger partial charge in [0.25, 0.3) is 5.91 Å². The Hall–Kier alpha value is -2.46. The first kappa shape index (κ1) is 19.3. The third-order valence-electron chi connectivity index (χ3n) is 4.34. The van der Waals surface area contributed by atoms with E-state index in [1.54, 1.807) is 19.9 Å². The highest BCUT2D eigenvalue weighted by Gasteiger charge is 2.34. The van der Waals surface area contributed by atoms with Gasteiger partial charge in [0, 0.05) is 26.2 Å². The largest absolute Gasteiger partial charge is 0.481 e. The molecule has 0 N–H and O–H groups in total. The van der Waals surface area contributed by atoms with Crippen LogP contribution >= 0.6 is 0 Å². The Morgan fingerprint density at radius 2 is 1.89 bits per heavy atom. The number of aryl methyl sites for hydroxylation is 2. The minimum atomic E-state index is -3.73. The van der Waals surface area contributed by atoms with Crippen LogP contribution in [0.3, 0.4) is 0 Å². The maximum absolute atomic E-state index is 13.5. The van der Waals surface area contributed by atoms with Crippen molar-refractivity contribution in [3.8, 4) is 5.75 Å². The molecule has 0 spiro atoms. The van der Waals surface area contributed by atoms with Crippen LogP contribution in [0.5, 0.6) is 5.75 Å². The lowest BCUT2D eigenvalue weighted by molar-refractivity contribution is -0.134. The highest BCUT2D eigenvalue weighted by molar-refractivity contribution is 7.89. The van der Waals surface area contributed by atoms with E-state index in [-0.39, 0.29) is 55.1 Å². The van der Waals surface area contributed by atoms with Crippen molar-refractivity contribution in [2.45, 2.75) is 18.7 Å². The second-order valence-electron chi connectivity index (χ2n) is 6.16. The number of ether oxygens (including phenoxy) is 1. The summed E-state index contributed by atoms with van der Waals surface area (Å²) in [6.07, 6.45) is 0. The topological polar surface area (TPSA) is 93.0 Å². The van der Waals surface area contributed by atoms with Crippen molar-refractivity contribution in [1.29, 1.82) is 0 Å². The first-order chi connectivity index (χ1) is 12.8. The molecule has 10 heteroatoms. The number of nitrogens with zero attached hydrogens (tertiary/aromatic N) is 3. The van der Waals surface area contributed by atoms with Gasteiger partial charge >= 0.3 is 0 Å². The number of piperazine rings is 1. The Morgan fingerprint density at radius 3 is 2.48 bits per heavy atom. The van der Waals surface area contributed by atoms with Gasteiger partial charge in [0.1, 0.15) is 10.6 Å². The number of carbonyl (C=O) groups is 1. The number of rotatable bonds is 5. The molecule has 0 unspecified atom stereocenters. The standard InChI is InChI=1S/C17H20FN3O5S/c1-12-17(13(2)26-19-12)27(23,24)21-9-7-20(8-10-21)16(22)11-25-15-6-4-3-5-14(15)18/h3-6H,7-11H2,1-2H3. The van der Waals surface area contributed by atoms with E-state index in [4.69, 9.17) is 9.26 Å². The third kappa shape index (κ3) is 3.96. The molecule has 1 saturated heterocycles. The summed E-state index contributed by atoms with van der Waals surface area (Å²) in [4.78, 5) is 13.8. The number of aromatic nitrogens is 1. The van der Waals surface area contributed by atoms with Crippen LogP contribution in [0.15, 0.2) is 33.7 Å². The predicted molar refractivity (Wildman–Crippen MR) is 93.2 cm³/mol. The second-order valence-corrected chi connectivity index (χ2v) is 8.03. The summed E-state index contributed by atoms with van der Waals surface area (Å²) in [6.45, 7) is 3.56. The predicted octanol–water partition coefficient (Wildman–Crippen LogP) is 1.34. The first-order valence-corrected chi connectivity index (χ1v) is 9.83. The van der Waals surface area contributed by atoms with Crippen LogP contribution in [0.25, 0.3) is 0 Å². The van der Waals surface area contributed by atoms with E-state index in [1.807, 2.05) is 0 Å². The van der Waals surface area contributed by atoms with Crippen molar-refractivity contribution in [3.63, 3.8) is 0 Å². The Bertz CT molecular complexity index is 916. The highest BCUT2D eigenvalue weighted by Crippen LogP contribution is 2.24. The summed E-state index contributed by atoms with van der Waals surface area (Å²) in [6, 6.07) is 5.83. The number of hydrogen-bond acceptors (Lipinski definition) is 6. The average Bonchev–Trinajstić information content (AvgIpc) is 3.00. The molecule has 3 rings (SSSR count). The Balaban J connectivity index is 1.58. The van der Waals surface area contributed by atoms with Crippen molar-refractivity contribution in [2.24, 2.45) is 0 Å². The number of para-hydroxylation sites is 1. The van der Waals surface area contributed by atoms with E-state index in [0.717, 1.165) is 0 Å². The van der Waals surface area contributed by atoms with E-state index in [1.165, 1.54) is 27.4 Å². The Labute approximate surface area is 156 Å². The molecule has 27 heavy (non-hydrogen) atoms. The van der Waals surface area contributed by atoms with Gasteiger partial charge in [0.15, 0.2) is 23.9 Å². The van der Waals surface area contributed by atoms with Gasteiger partial charge in [-0.2, -0.15) is 4.31 Å². The smallest absolute Gasteiger partial charge is 0.260 e. The monoisotopic (exact) mass is 397 g/mol. The molecule has 0 saturated carbocycles.